The van der Waals surface area contributed by atoms with Crippen molar-refractivity contribution < 1.29 is 4.74 Å². The molecule has 0 spiro atoms. The topological polar surface area (TPSA) is 47.3 Å². The zero-order valence-corrected chi connectivity index (χ0v) is 13.7. The van der Waals surface area contributed by atoms with E-state index in [2.05, 4.69) is 38.2 Å². The summed E-state index contributed by atoms with van der Waals surface area (Å²) in [5, 5.41) is 3.72. The molecule has 2 rings (SSSR count). The van der Waals surface area contributed by atoms with Crippen LogP contribution in [0.15, 0.2) is 18.2 Å². The Morgan fingerprint density at radius 3 is 2.76 bits per heavy atom. The van der Waals surface area contributed by atoms with Crippen LogP contribution in [0.3, 0.4) is 0 Å². The van der Waals surface area contributed by atoms with Crippen LogP contribution < -0.4 is 15.8 Å². The molecular weight excluding hydrogens is 260 g/mol. The second kappa shape index (κ2) is 7.58. The SMILES string of the molecule is CCCOc1cc(NC2CCCCC2C(C)C)ccc1N. The molecule has 0 aliphatic heterocycles. The molecule has 1 fully saturated rings. The lowest BCUT2D eigenvalue weighted by atomic mass is 9.78. The third-order valence-corrected chi connectivity index (χ3v) is 4.50. The molecule has 2 unspecified atom stereocenters. The number of ether oxygens (including phenoxy) is 1. The maximum atomic E-state index is 5.99. The molecule has 0 aromatic heterocycles. The largest absolute Gasteiger partial charge is 0.491 e. The fourth-order valence-corrected chi connectivity index (χ4v) is 3.31. The fourth-order valence-electron chi connectivity index (χ4n) is 3.31. The van der Waals surface area contributed by atoms with Gasteiger partial charge in [0.1, 0.15) is 5.75 Å². The molecule has 1 aromatic carbocycles. The second-order valence-electron chi connectivity index (χ2n) is 6.54. The van der Waals surface area contributed by atoms with E-state index >= 15 is 0 Å². The smallest absolute Gasteiger partial charge is 0.144 e. The Balaban J connectivity index is 2.07. The van der Waals surface area contributed by atoms with Gasteiger partial charge in [0.05, 0.1) is 12.3 Å². The van der Waals surface area contributed by atoms with Crippen LogP contribution in [-0.2, 0) is 0 Å². The van der Waals surface area contributed by atoms with Crippen LogP contribution in [0, 0.1) is 11.8 Å². The van der Waals surface area contributed by atoms with E-state index in [0.717, 1.165) is 35.4 Å². The second-order valence-corrected chi connectivity index (χ2v) is 6.54. The average molecular weight is 290 g/mol. The van der Waals surface area contributed by atoms with Crippen LogP contribution in [0.4, 0.5) is 11.4 Å². The summed E-state index contributed by atoms with van der Waals surface area (Å²) in [5.41, 5.74) is 7.84. The fraction of sp³-hybridized carbons (Fsp3) is 0.667. The summed E-state index contributed by atoms with van der Waals surface area (Å²) in [7, 11) is 0. The minimum Gasteiger partial charge on any atom is -0.491 e. The molecule has 3 nitrogen and oxygen atoms in total. The van der Waals surface area contributed by atoms with Crippen molar-refractivity contribution in [2.75, 3.05) is 17.7 Å². The molecule has 0 saturated heterocycles. The van der Waals surface area contributed by atoms with Crippen molar-refractivity contribution in [2.24, 2.45) is 11.8 Å². The number of benzene rings is 1. The lowest BCUT2D eigenvalue weighted by Gasteiger charge is -2.35. The van der Waals surface area contributed by atoms with Crippen molar-refractivity contribution in [3.63, 3.8) is 0 Å². The van der Waals surface area contributed by atoms with Gasteiger partial charge in [-0.2, -0.15) is 0 Å². The number of anilines is 2. The van der Waals surface area contributed by atoms with E-state index in [-0.39, 0.29) is 0 Å². The number of nitrogens with two attached hydrogens (primary N) is 1. The highest BCUT2D eigenvalue weighted by Crippen LogP contribution is 2.33. The predicted molar refractivity (Wildman–Crippen MR) is 90.8 cm³/mol. The molecule has 118 valence electrons. The first-order chi connectivity index (χ1) is 10.1. The first kappa shape index (κ1) is 16.0. The summed E-state index contributed by atoms with van der Waals surface area (Å²) >= 11 is 0. The van der Waals surface area contributed by atoms with Gasteiger partial charge in [0, 0.05) is 17.8 Å². The van der Waals surface area contributed by atoms with Crippen LogP contribution in [0.25, 0.3) is 0 Å². The highest BCUT2D eigenvalue weighted by atomic mass is 16.5. The summed E-state index contributed by atoms with van der Waals surface area (Å²) in [6.07, 6.45) is 6.29. The third-order valence-electron chi connectivity index (χ3n) is 4.50. The summed E-state index contributed by atoms with van der Waals surface area (Å²) in [4.78, 5) is 0. The van der Waals surface area contributed by atoms with E-state index in [9.17, 15) is 0 Å². The molecule has 1 aliphatic rings. The average Bonchev–Trinajstić information content (AvgIpc) is 2.48. The maximum absolute atomic E-state index is 5.99. The molecule has 1 aromatic rings. The predicted octanol–water partition coefficient (Wildman–Crippen LogP) is 4.68. The molecule has 1 aliphatic carbocycles. The highest BCUT2D eigenvalue weighted by molar-refractivity contribution is 5.61. The van der Waals surface area contributed by atoms with Crippen LogP contribution in [0.1, 0.15) is 52.9 Å². The number of rotatable bonds is 6. The highest BCUT2D eigenvalue weighted by Gasteiger charge is 2.27. The first-order valence-electron chi connectivity index (χ1n) is 8.40. The Morgan fingerprint density at radius 2 is 2.05 bits per heavy atom. The van der Waals surface area contributed by atoms with Gasteiger partial charge >= 0.3 is 0 Å². The van der Waals surface area contributed by atoms with Gasteiger partial charge in [-0.3, -0.25) is 0 Å². The molecule has 0 radical (unpaired) electrons. The molecule has 3 N–H and O–H groups in total. The lowest BCUT2D eigenvalue weighted by Crippen LogP contribution is -2.35. The van der Waals surface area contributed by atoms with Crippen molar-refractivity contribution in [1.82, 2.24) is 0 Å². The molecule has 0 heterocycles. The van der Waals surface area contributed by atoms with Crippen molar-refractivity contribution >= 4 is 11.4 Å². The maximum Gasteiger partial charge on any atom is 0.144 e. The van der Waals surface area contributed by atoms with Gasteiger partial charge in [0.25, 0.3) is 0 Å². The normalized spacial score (nSPS) is 22.3. The van der Waals surface area contributed by atoms with E-state index in [4.69, 9.17) is 10.5 Å². The number of hydrogen-bond donors (Lipinski definition) is 2. The van der Waals surface area contributed by atoms with Crippen LogP contribution in [0.2, 0.25) is 0 Å². The van der Waals surface area contributed by atoms with Gasteiger partial charge in [-0.15, -0.1) is 0 Å². The number of hydrogen-bond acceptors (Lipinski definition) is 3. The minimum atomic E-state index is 0.571. The van der Waals surface area contributed by atoms with E-state index in [0.29, 0.717) is 12.6 Å². The van der Waals surface area contributed by atoms with Crippen LogP contribution in [-0.4, -0.2) is 12.6 Å². The van der Waals surface area contributed by atoms with E-state index in [1.807, 2.05) is 6.07 Å². The summed E-state index contributed by atoms with van der Waals surface area (Å²) in [6, 6.07) is 6.64. The number of nitrogen functional groups attached to an aromatic ring is 1. The van der Waals surface area contributed by atoms with Crippen LogP contribution in [0.5, 0.6) is 5.75 Å². The van der Waals surface area contributed by atoms with Crippen molar-refractivity contribution in [3.05, 3.63) is 18.2 Å². The zero-order chi connectivity index (χ0) is 15.2. The zero-order valence-electron chi connectivity index (χ0n) is 13.7. The van der Waals surface area contributed by atoms with Gasteiger partial charge in [-0.1, -0.05) is 33.6 Å². The molecule has 3 heteroatoms. The Morgan fingerprint density at radius 1 is 1.29 bits per heavy atom. The molecule has 1 saturated carbocycles. The van der Waals surface area contributed by atoms with Gasteiger partial charge in [0.2, 0.25) is 0 Å². The Hall–Kier alpha value is -1.38. The first-order valence-corrected chi connectivity index (χ1v) is 8.40. The molecule has 2 atom stereocenters. The monoisotopic (exact) mass is 290 g/mol. The van der Waals surface area contributed by atoms with E-state index in [1.54, 1.807) is 0 Å². The Labute approximate surface area is 129 Å². The summed E-state index contributed by atoms with van der Waals surface area (Å²) in [5.74, 6) is 2.29. The number of nitrogens with one attached hydrogen (secondary N) is 1. The standard InChI is InChI=1S/C18H30N2O/c1-4-11-21-18-12-14(9-10-16(18)19)20-17-8-6-5-7-15(17)13(2)3/h9-10,12-13,15,17,20H,4-8,11,19H2,1-3H3. The van der Waals surface area contributed by atoms with Gasteiger partial charge in [0.15, 0.2) is 0 Å². The van der Waals surface area contributed by atoms with Crippen molar-refractivity contribution in [1.29, 1.82) is 0 Å². The quantitative estimate of drug-likeness (QED) is 0.747. The summed E-state index contributed by atoms with van der Waals surface area (Å²) in [6.45, 7) is 7.49. The third kappa shape index (κ3) is 4.29. The van der Waals surface area contributed by atoms with E-state index in [1.165, 1.54) is 25.7 Å². The van der Waals surface area contributed by atoms with Crippen molar-refractivity contribution in [3.8, 4) is 5.75 Å². The van der Waals surface area contributed by atoms with Gasteiger partial charge in [-0.05, 0) is 43.2 Å². The Kier molecular flexibility index (Phi) is 5.77. The minimum absolute atomic E-state index is 0.571. The lowest BCUT2D eigenvalue weighted by molar-refractivity contribution is 0.253. The Bertz CT molecular complexity index is 445. The molecule has 21 heavy (non-hydrogen) atoms. The molecule has 0 bridgehead atoms. The van der Waals surface area contributed by atoms with Crippen molar-refractivity contribution in [2.45, 2.75) is 58.9 Å². The molecular formula is C18H30N2O. The molecule has 0 amide bonds. The summed E-state index contributed by atoms with van der Waals surface area (Å²) < 4.78 is 5.73. The van der Waals surface area contributed by atoms with E-state index < -0.39 is 0 Å². The van der Waals surface area contributed by atoms with Crippen LogP contribution >= 0.6 is 0 Å². The van der Waals surface area contributed by atoms with Gasteiger partial charge < -0.3 is 15.8 Å². The van der Waals surface area contributed by atoms with Gasteiger partial charge in [-0.25, -0.2) is 0 Å².